The molecule has 0 saturated carbocycles. The van der Waals surface area contributed by atoms with E-state index < -0.39 is 0 Å². The van der Waals surface area contributed by atoms with Crippen LogP contribution < -0.4 is 0 Å². The Kier molecular flexibility index (Phi) is 7.46. The molecular weight excluding hydrogens is 681 g/mol. The summed E-state index contributed by atoms with van der Waals surface area (Å²) < 4.78 is 4.82. The quantitative estimate of drug-likeness (QED) is 0.172. The number of benzene rings is 8. The van der Waals surface area contributed by atoms with Gasteiger partial charge < -0.3 is 9.13 Å². The Morgan fingerprint density at radius 1 is 0.304 bits per heavy atom. The summed E-state index contributed by atoms with van der Waals surface area (Å²) in [6.07, 6.45) is 0. The summed E-state index contributed by atoms with van der Waals surface area (Å²) in [6, 6.07) is 73.1. The zero-order valence-electron chi connectivity index (χ0n) is 30.4. The van der Waals surface area contributed by atoms with Crippen molar-refractivity contribution in [1.82, 2.24) is 19.1 Å². The van der Waals surface area contributed by atoms with Crippen LogP contribution in [0.2, 0.25) is 0 Å². The predicted octanol–water partition coefficient (Wildman–Crippen LogP) is 13.3. The number of fused-ring (bicyclic) bond motifs is 6. The normalized spacial score (nSPS) is 11.6. The number of nitrogens with zero attached hydrogens (tertiary/aromatic N) is 4. The molecule has 0 radical (unpaired) electrons. The lowest BCUT2D eigenvalue weighted by Gasteiger charge is -2.16. The van der Waals surface area contributed by atoms with Crippen LogP contribution in [0.1, 0.15) is 0 Å². The van der Waals surface area contributed by atoms with Crippen molar-refractivity contribution in [2.45, 2.75) is 0 Å². The summed E-state index contributed by atoms with van der Waals surface area (Å²) in [6.45, 7) is 0. The van der Waals surface area contributed by atoms with Crippen LogP contribution in [0.15, 0.2) is 206 Å². The van der Waals surface area contributed by atoms with Gasteiger partial charge in [0.15, 0.2) is 5.82 Å². The van der Waals surface area contributed by atoms with Gasteiger partial charge in [-0.1, -0.05) is 158 Å². The van der Waals surface area contributed by atoms with Gasteiger partial charge in [0.05, 0.1) is 39.1 Å². The molecule has 11 rings (SSSR count). The first-order valence-electron chi connectivity index (χ1n) is 19.0. The maximum Gasteiger partial charge on any atom is 0.160 e. The van der Waals surface area contributed by atoms with E-state index in [-0.39, 0.29) is 0 Å². The molecular formula is C52H34N4. The van der Waals surface area contributed by atoms with Gasteiger partial charge in [-0.05, 0) is 59.7 Å². The minimum absolute atomic E-state index is 0.687. The van der Waals surface area contributed by atoms with E-state index in [0.29, 0.717) is 5.82 Å². The van der Waals surface area contributed by atoms with Gasteiger partial charge in [-0.2, -0.15) is 0 Å². The molecule has 11 aromatic rings. The second-order valence-corrected chi connectivity index (χ2v) is 14.2. The molecule has 0 saturated heterocycles. The van der Waals surface area contributed by atoms with Crippen molar-refractivity contribution in [1.29, 1.82) is 0 Å². The molecule has 0 aliphatic rings. The van der Waals surface area contributed by atoms with Crippen LogP contribution in [0, 0.1) is 0 Å². The van der Waals surface area contributed by atoms with Crippen molar-refractivity contribution in [3.05, 3.63) is 206 Å². The van der Waals surface area contributed by atoms with E-state index >= 15 is 0 Å². The van der Waals surface area contributed by atoms with Crippen molar-refractivity contribution < 1.29 is 0 Å². The van der Waals surface area contributed by atoms with Crippen LogP contribution in [-0.4, -0.2) is 19.1 Å². The number of para-hydroxylation sites is 4. The molecule has 0 atom stereocenters. The summed E-state index contributed by atoms with van der Waals surface area (Å²) in [5, 5.41) is 4.89. The van der Waals surface area contributed by atoms with Crippen LogP contribution in [0.5, 0.6) is 0 Å². The molecule has 0 bridgehead atoms. The lowest BCUT2D eigenvalue weighted by Crippen LogP contribution is -2.01. The van der Waals surface area contributed by atoms with Crippen molar-refractivity contribution in [3.8, 4) is 56.4 Å². The van der Waals surface area contributed by atoms with E-state index in [1.165, 1.54) is 32.6 Å². The standard InChI is InChI=1S/C52H34N4/c1-4-18-35(19-5-1)38-24-10-11-25-39(38)45-33-46(54-52(53-45)36-20-6-2-7-21-36)42-28-14-17-31-49(42)56-48-30-16-13-27-41(48)44-32-43-40-26-12-15-29-47(40)55(50(43)34-51(44)56)37-22-8-3-9-23-37/h1-34H. The minimum atomic E-state index is 0.687. The van der Waals surface area contributed by atoms with Crippen molar-refractivity contribution in [3.63, 3.8) is 0 Å². The lowest BCUT2D eigenvalue weighted by atomic mass is 9.96. The Bertz CT molecular complexity index is 3230. The summed E-state index contributed by atoms with van der Waals surface area (Å²) in [4.78, 5) is 10.6. The fourth-order valence-electron chi connectivity index (χ4n) is 8.45. The van der Waals surface area contributed by atoms with Gasteiger partial charge in [-0.15, -0.1) is 0 Å². The van der Waals surface area contributed by atoms with Crippen LogP contribution in [0.3, 0.4) is 0 Å². The molecule has 4 heteroatoms. The number of hydrogen-bond donors (Lipinski definition) is 0. The van der Waals surface area contributed by atoms with Gasteiger partial charge in [0.2, 0.25) is 0 Å². The third kappa shape index (κ3) is 5.15. The minimum Gasteiger partial charge on any atom is -0.309 e. The molecule has 3 aromatic heterocycles. The molecule has 8 aromatic carbocycles. The van der Waals surface area contributed by atoms with Gasteiger partial charge in [0, 0.05) is 43.9 Å². The van der Waals surface area contributed by atoms with Gasteiger partial charge in [0.25, 0.3) is 0 Å². The lowest BCUT2D eigenvalue weighted by molar-refractivity contribution is 1.15. The molecule has 0 aliphatic carbocycles. The van der Waals surface area contributed by atoms with E-state index in [2.05, 4.69) is 197 Å². The van der Waals surface area contributed by atoms with Gasteiger partial charge in [-0.25, -0.2) is 9.97 Å². The Hall–Kier alpha value is -7.56. The Balaban J connectivity index is 1.20. The molecule has 0 unspecified atom stereocenters. The molecule has 0 amide bonds. The highest BCUT2D eigenvalue weighted by atomic mass is 15.0. The smallest absolute Gasteiger partial charge is 0.160 e. The SMILES string of the molecule is c1ccc(-c2nc(-c3ccccc3-c3ccccc3)cc(-c3ccccc3-n3c4ccccc4c4cc5c6ccccc6n(-c6ccccc6)c5cc43)n2)cc1. The summed E-state index contributed by atoms with van der Waals surface area (Å²) in [5.41, 5.74) is 13.9. The first-order chi connectivity index (χ1) is 27.8. The highest BCUT2D eigenvalue weighted by Crippen LogP contribution is 2.42. The van der Waals surface area contributed by atoms with Crippen LogP contribution >= 0.6 is 0 Å². The summed E-state index contributed by atoms with van der Waals surface area (Å²) in [7, 11) is 0. The summed E-state index contributed by atoms with van der Waals surface area (Å²) >= 11 is 0. The zero-order chi connectivity index (χ0) is 37.0. The topological polar surface area (TPSA) is 35.6 Å². The fraction of sp³-hybridized carbons (Fsp3) is 0. The highest BCUT2D eigenvalue weighted by molar-refractivity contribution is 6.19. The Morgan fingerprint density at radius 2 is 0.786 bits per heavy atom. The average molecular weight is 715 g/mol. The van der Waals surface area contributed by atoms with Gasteiger partial charge in [0.1, 0.15) is 0 Å². The Morgan fingerprint density at radius 3 is 1.46 bits per heavy atom. The largest absolute Gasteiger partial charge is 0.309 e. The number of hydrogen-bond acceptors (Lipinski definition) is 2. The Labute approximate surface area is 324 Å². The monoisotopic (exact) mass is 714 g/mol. The van der Waals surface area contributed by atoms with Crippen LogP contribution in [0.25, 0.3) is 100 Å². The van der Waals surface area contributed by atoms with Gasteiger partial charge >= 0.3 is 0 Å². The second kappa shape index (κ2) is 13.1. The third-order valence-electron chi connectivity index (χ3n) is 10.9. The fourth-order valence-corrected chi connectivity index (χ4v) is 8.45. The molecule has 56 heavy (non-hydrogen) atoms. The first-order valence-corrected chi connectivity index (χ1v) is 19.0. The van der Waals surface area contributed by atoms with Crippen LogP contribution in [-0.2, 0) is 0 Å². The van der Waals surface area contributed by atoms with E-state index in [9.17, 15) is 0 Å². The molecule has 0 N–H and O–H groups in total. The molecule has 0 aliphatic heterocycles. The van der Waals surface area contributed by atoms with E-state index in [0.717, 1.165) is 61.6 Å². The van der Waals surface area contributed by atoms with E-state index in [1.54, 1.807) is 0 Å². The van der Waals surface area contributed by atoms with Crippen molar-refractivity contribution in [2.24, 2.45) is 0 Å². The van der Waals surface area contributed by atoms with Gasteiger partial charge in [-0.3, -0.25) is 0 Å². The molecule has 262 valence electrons. The van der Waals surface area contributed by atoms with Crippen LogP contribution in [0.4, 0.5) is 0 Å². The van der Waals surface area contributed by atoms with Crippen molar-refractivity contribution in [2.75, 3.05) is 0 Å². The molecule has 0 spiro atoms. The first kappa shape index (κ1) is 31.9. The molecule has 4 nitrogen and oxygen atoms in total. The summed E-state index contributed by atoms with van der Waals surface area (Å²) in [5.74, 6) is 0.687. The molecule has 0 fully saturated rings. The number of aromatic nitrogens is 4. The zero-order valence-corrected chi connectivity index (χ0v) is 30.4. The average Bonchev–Trinajstić information content (AvgIpc) is 3.78. The second-order valence-electron chi connectivity index (χ2n) is 14.2. The maximum atomic E-state index is 5.34. The van der Waals surface area contributed by atoms with Crippen molar-refractivity contribution >= 4 is 43.6 Å². The highest BCUT2D eigenvalue weighted by Gasteiger charge is 2.21. The number of rotatable bonds is 6. The maximum absolute atomic E-state index is 5.34. The third-order valence-corrected chi connectivity index (χ3v) is 10.9. The predicted molar refractivity (Wildman–Crippen MR) is 232 cm³/mol. The molecule has 3 heterocycles. The van der Waals surface area contributed by atoms with E-state index in [1.807, 2.05) is 18.2 Å². The van der Waals surface area contributed by atoms with E-state index in [4.69, 9.17) is 9.97 Å².